The monoisotopic (exact) mass is 298 g/mol. The predicted octanol–water partition coefficient (Wildman–Crippen LogP) is 4.70. The van der Waals surface area contributed by atoms with Crippen molar-refractivity contribution in [2.75, 3.05) is 6.61 Å². The van der Waals surface area contributed by atoms with Crippen LogP contribution in [0.15, 0.2) is 24.3 Å². The van der Waals surface area contributed by atoms with E-state index in [-0.39, 0.29) is 0 Å². The Morgan fingerprint density at radius 2 is 1.95 bits per heavy atom. The average molecular weight is 299 g/mol. The van der Waals surface area contributed by atoms with E-state index in [1.807, 2.05) is 23.7 Å². The lowest BCUT2D eigenvalue weighted by Crippen LogP contribution is -2.03. The molecule has 0 bridgehead atoms. The summed E-state index contributed by atoms with van der Waals surface area (Å²) in [6.07, 6.45) is 0. The van der Waals surface area contributed by atoms with Crippen LogP contribution in [0, 0.1) is 0 Å². The molecule has 0 aliphatic heterocycles. The van der Waals surface area contributed by atoms with Gasteiger partial charge < -0.3 is 4.74 Å². The van der Waals surface area contributed by atoms with Gasteiger partial charge in [0, 0.05) is 6.07 Å². The number of ether oxygens (including phenoxy) is 1. The molecule has 1 aromatic heterocycles. The zero-order chi connectivity index (χ0) is 14.0. The fourth-order valence-corrected chi connectivity index (χ4v) is 2.12. The highest BCUT2D eigenvalue weighted by molar-refractivity contribution is 6.42. The van der Waals surface area contributed by atoms with Crippen molar-refractivity contribution in [1.82, 2.24) is 9.78 Å². The summed E-state index contributed by atoms with van der Waals surface area (Å²) in [6, 6.07) is 7.42. The first kappa shape index (κ1) is 14.2. The number of benzene rings is 1. The Morgan fingerprint density at radius 3 is 2.53 bits per heavy atom. The molecule has 0 spiro atoms. The average Bonchev–Trinajstić information content (AvgIpc) is 2.77. The third-order valence-corrected chi connectivity index (χ3v) is 3.49. The van der Waals surface area contributed by atoms with Crippen molar-refractivity contribution < 1.29 is 4.74 Å². The molecule has 0 radical (unpaired) electrons. The summed E-state index contributed by atoms with van der Waals surface area (Å²) in [7, 11) is 0. The molecule has 0 saturated heterocycles. The van der Waals surface area contributed by atoms with Gasteiger partial charge in [-0.05, 0) is 31.0 Å². The van der Waals surface area contributed by atoms with Gasteiger partial charge >= 0.3 is 0 Å². The number of hydrogen-bond donors (Lipinski definition) is 0. The van der Waals surface area contributed by atoms with Crippen LogP contribution in [0.5, 0.6) is 5.88 Å². The molecule has 0 fully saturated rings. The van der Waals surface area contributed by atoms with Gasteiger partial charge in [0.05, 0.1) is 28.0 Å². The molecule has 1 heterocycles. The summed E-state index contributed by atoms with van der Waals surface area (Å²) in [4.78, 5) is 0. The Bertz CT molecular complexity index is 579. The highest BCUT2D eigenvalue weighted by Crippen LogP contribution is 2.28. The molecular formula is C14H16Cl2N2O. The molecule has 0 saturated carbocycles. The summed E-state index contributed by atoms with van der Waals surface area (Å²) < 4.78 is 7.31. The van der Waals surface area contributed by atoms with E-state index in [1.54, 1.807) is 12.1 Å². The Balaban J connectivity index is 2.49. The summed E-state index contributed by atoms with van der Waals surface area (Å²) in [5.74, 6) is 0.952. The summed E-state index contributed by atoms with van der Waals surface area (Å²) in [6.45, 7) is 6.75. The molecular weight excluding hydrogens is 283 g/mol. The maximum absolute atomic E-state index is 6.06. The van der Waals surface area contributed by atoms with Crippen LogP contribution in [-0.2, 0) is 0 Å². The topological polar surface area (TPSA) is 27.1 Å². The van der Waals surface area contributed by atoms with E-state index >= 15 is 0 Å². The standard InChI is InChI=1S/C14H16Cl2N2O/c1-4-19-14-8-13(9(2)3)18(17-14)10-5-6-11(15)12(16)7-10/h5-9H,4H2,1-3H3. The lowest BCUT2D eigenvalue weighted by molar-refractivity contribution is 0.324. The molecule has 3 nitrogen and oxygen atoms in total. The third kappa shape index (κ3) is 3.04. The molecule has 2 aromatic rings. The summed E-state index contributed by atoms with van der Waals surface area (Å²) in [5.41, 5.74) is 1.95. The second-order valence-electron chi connectivity index (χ2n) is 4.51. The van der Waals surface area contributed by atoms with Crippen molar-refractivity contribution in [1.29, 1.82) is 0 Å². The first-order chi connectivity index (χ1) is 9.02. The quantitative estimate of drug-likeness (QED) is 0.818. The van der Waals surface area contributed by atoms with Gasteiger partial charge in [-0.3, -0.25) is 0 Å². The second-order valence-corrected chi connectivity index (χ2v) is 5.32. The fraction of sp³-hybridized carbons (Fsp3) is 0.357. The SMILES string of the molecule is CCOc1cc(C(C)C)n(-c2ccc(Cl)c(Cl)c2)n1. The highest BCUT2D eigenvalue weighted by Gasteiger charge is 2.14. The maximum atomic E-state index is 6.06. The molecule has 1 aromatic carbocycles. The molecule has 0 aliphatic carbocycles. The van der Waals surface area contributed by atoms with Gasteiger partial charge in [0.1, 0.15) is 0 Å². The van der Waals surface area contributed by atoms with Crippen molar-refractivity contribution in [3.63, 3.8) is 0 Å². The van der Waals surface area contributed by atoms with Crippen LogP contribution in [0.3, 0.4) is 0 Å². The van der Waals surface area contributed by atoms with Gasteiger partial charge in [-0.15, -0.1) is 5.10 Å². The van der Waals surface area contributed by atoms with E-state index < -0.39 is 0 Å². The smallest absolute Gasteiger partial charge is 0.233 e. The molecule has 0 atom stereocenters. The Hall–Kier alpha value is -1.19. The minimum atomic E-state index is 0.330. The van der Waals surface area contributed by atoms with E-state index in [4.69, 9.17) is 27.9 Å². The van der Waals surface area contributed by atoms with Crippen LogP contribution >= 0.6 is 23.2 Å². The van der Waals surface area contributed by atoms with Crippen molar-refractivity contribution in [2.24, 2.45) is 0 Å². The van der Waals surface area contributed by atoms with Gasteiger partial charge in [-0.1, -0.05) is 37.0 Å². The van der Waals surface area contributed by atoms with Crippen LogP contribution in [0.1, 0.15) is 32.4 Å². The van der Waals surface area contributed by atoms with Gasteiger partial charge in [0.25, 0.3) is 0 Å². The minimum absolute atomic E-state index is 0.330. The first-order valence-electron chi connectivity index (χ1n) is 6.21. The second kappa shape index (κ2) is 5.85. The molecule has 0 N–H and O–H groups in total. The van der Waals surface area contributed by atoms with Crippen LogP contribution in [0.4, 0.5) is 0 Å². The molecule has 19 heavy (non-hydrogen) atoms. The molecule has 0 unspecified atom stereocenters. The third-order valence-electron chi connectivity index (χ3n) is 2.75. The lowest BCUT2D eigenvalue weighted by atomic mass is 10.1. The predicted molar refractivity (Wildman–Crippen MR) is 78.8 cm³/mol. The zero-order valence-electron chi connectivity index (χ0n) is 11.2. The molecule has 2 rings (SSSR count). The van der Waals surface area contributed by atoms with E-state index in [0.29, 0.717) is 28.5 Å². The van der Waals surface area contributed by atoms with Gasteiger partial charge in [-0.25, -0.2) is 4.68 Å². The van der Waals surface area contributed by atoms with Crippen molar-refractivity contribution in [2.45, 2.75) is 26.7 Å². The van der Waals surface area contributed by atoms with Crippen LogP contribution in [0.2, 0.25) is 10.0 Å². The number of halogens is 2. The molecule has 0 aliphatic rings. The Morgan fingerprint density at radius 1 is 1.21 bits per heavy atom. The lowest BCUT2D eigenvalue weighted by Gasteiger charge is -2.10. The Labute approximate surface area is 123 Å². The zero-order valence-corrected chi connectivity index (χ0v) is 12.7. The van der Waals surface area contributed by atoms with Crippen molar-refractivity contribution in [3.8, 4) is 11.6 Å². The summed E-state index contributed by atoms with van der Waals surface area (Å²) in [5, 5.41) is 5.51. The molecule has 102 valence electrons. The van der Waals surface area contributed by atoms with E-state index in [2.05, 4.69) is 18.9 Å². The van der Waals surface area contributed by atoms with E-state index in [9.17, 15) is 0 Å². The normalized spacial score (nSPS) is 11.1. The Kier molecular flexibility index (Phi) is 4.38. The van der Waals surface area contributed by atoms with Crippen LogP contribution in [0.25, 0.3) is 5.69 Å². The number of aromatic nitrogens is 2. The van der Waals surface area contributed by atoms with Gasteiger partial charge in [0.2, 0.25) is 5.88 Å². The number of rotatable bonds is 4. The maximum Gasteiger partial charge on any atom is 0.233 e. The van der Waals surface area contributed by atoms with Gasteiger partial charge in [-0.2, -0.15) is 0 Å². The van der Waals surface area contributed by atoms with Crippen LogP contribution in [-0.4, -0.2) is 16.4 Å². The molecule has 5 heteroatoms. The minimum Gasteiger partial charge on any atom is -0.477 e. The van der Waals surface area contributed by atoms with Crippen molar-refractivity contribution in [3.05, 3.63) is 40.0 Å². The van der Waals surface area contributed by atoms with Gasteiger partial charge in [0.15, 0.2) is 0 Å². The number of hydrogen-bond acceptors (Lipinski definition) is 2. The molecule has 0 amide bonds. The number of nitrogens with zero attached hydrogens (tertiary/aromatic N) is 2. The largest absolute Gasteiger partial charge is 0.477 e. The van der Waals surface area contributed by atoms with Crippen LogP contribution < -0.4 is 4.74 Å². The highest BCUT2D eigenvalue weighted by atomic mass is 35.5. The van der Waals surface area contributed by atoms with Crippen molar-refractivity contribution >= 4 is 23.2 Å². The van der Waals surface area contributed by atoms with E-state index in [0.717, 1.165) is 11.4 Å². The first-order valence-corrected chi connectivity index (χ1v) is 6.96. The van der Waals surface area contributed by atoms with E-state index in [1.165, 1.54) is 0 Å². The summed E-state index contributed by atoms with van der Waals surface area (Å²) >= 11 is 12.0. The fourth-order valence-electron chi connectivity index (χ4n) is 1.83.